The molecule has 1 unspecified atom stereocenters. The number of hydrogen-bond donors (Lipinski definition) is 2. The van der Waals surface area contributed by atoms with Gasteiger partial charge in [0.25, 0.3) is 5.91 Å². The zero-order valence-electron chi connectivity index (χ0n) is 15.9. The maximum absolute atomic E-state index is 12.8. The molecule has 1 aliphatic rings. The zero-order valence-corrected chi connectivity index (χ0v) is 15.9. The number of amides is 1. The highest BCUT2D eigenvalue weighted by molar-refractivity contribution is 5.94. The number of anilines is 1. The number of carbonyl (C=O) groups is 1. The van der Waals surface area contributed by atoms with Crippen LogP contribution in [0.1, 0.15) is 23.7 Å². The van der Waals surface area contributed by atoms with Crippen molar-refractivity contribution in [3.8, 4) is 22.4 Å². The molecule has 2 aromatic carbocycles. The van der Waals surface area contributed by atoms with Crippen LogP contribution in [0.5, 0.6) is 0 Å². The number of aromatic nitrogens is 2. The predicted octanol–water partition coefficient (Wildman–Crippen LogP) is 3.58. The van der Waals surface area contributed by atoms with E-state index in [1.165, 1.54) is 0 Å². The molecule has 28 heavy (non-hydrogen) atoms. The molecule has 0 radical (unpaired) electrons. The van der Waals surface area contributed by atoms with Gasteiger partial charge in [-0.15, -0.1) is 0 Å². The second kappa shape index (κ2) is 7.86. The molecule has 0 spiro atoms. The third-order valence-electron chi connectivity index (χ3n) is 5.00. The van der Waals surface area contributed by atoms with E-state index in [2.05, 4.69) is 22.1 Å². The molecule has 0 bridgehead atoms. The molecule has 1 atom stereocenters. The summed E-state index contributed by atoms with van der Waals surface area (Å²) in [6, 6.07) is 15.9. The Labute approximate surface area is 164 Å². The summed E-state index contributed by atoms with van der Waals surface area (Å²) in [6.45, 7) is 4.10. The lowest BCUT2D eigenvalue weighted by Crippen LogP contribution is -2.35. The lowest BCUT2D eigenvalue weighted by molar-refractivity contribution is 0.0563. The average molecular weight is 376 g/mol. The summed E-state index contributed by atoms with van der Waals surface area (Å²) in [4.78, 5) is 21.7. The van der Waals surface area contributed by atoms with Gasteiger partial charge < -0.3 is 20.4 Å². The number of ether oxygens (including phenoxy) is 1. The minimum Gasteiger partial charge on any atom is -0.377 e. The Bertz CT molecular complexity index is 947. The Balaban J connectivity index is 1.49. The van der Waals surface area contributed by atoms with Crippen molar-refractivity contribution < 1.29 is 9.53 Å². The standard InChI is InChI=1S/C22H24N4O2/c1-15-14-26(11-2-12-28-15)21(27)19-9-5-17(6-10-19)16-3-7-18(8-4-16)20-13-24-22(23)25-20/h3-10,13,15H,2,11-12,14H2,1H3,(H3,23,24,25). The normalized spacial score (nSPS) is 17.3. The maximum Gasteiger partial charge on any atom is 0.253 e. The Morgan fingerprint density at radius 3 is 2.39 bits per heavy atom. The Morgan fingerprint density at radius 2 is 1.75 bits per heavy atom. The first-order valence-corrected chi connectivity index (χ1v) is 9.52. The van der Waals surface area contributed by atoms with Crippen molar-refractivity contribution in [1.82, 2.24) is 14.9 Å². The van der Waals surface area contributed by atoms with Gasteiger partial charge >= 0.3 is 0 Å². The summed E-state index contributed by atoms with van der Waals surface area (Å²) in [7, 11) is 0. The van der Waals surface area contributed by atoms with Crippen molar-refractivity contribution >= 4 is 11.9 Å². The summed E-state index contributed by atoms with van der Waals surface area (Å²) >= 11 is 0. The number of hydrogen-bond acceptors (Lipinski definition) is 4. The van der Waals surface area contributed by atoms with Crippen molar-refractivity contribution in [2.75, 3.05) is 25.4 Å². The number of imidazole rings is 1. The van der Waals surface area contributed by atoms with Crippen LogP contribution < -0.4 is 5.73 Å². The van der Waals surface area contributed by atoms with Gasteiger partial charge in [-0.05, 0) is 42.2 Å². The van der Waals surface area contributed by atoms with Crippen LogP contribution in [0.15, 0.2) is 54.7 Å². The van der Waals surface area contributed by atoms with Crippen LogP contribution in [-0.2, 0) is 4.74 Å². The van der Waals surface area contributed by atoms with Crippen LogP contribution in [0.2, 0.25) is 0 Å². The summed E-state index contributed by atoms with van der Waals surface area (Å²) < 4.78 is 5.63. The van der Waals surface area contributed by atoms with E-state index >= 15 is 0 Å². The van der Waals surface area contributed by atoms with Crippen LogP contribution >= 0.6 is 0 Å². The van der Waals surface area contributed by atoms with Gasteiger partial charge in [0.15, 0.2) is 5.95 Å². The number of benzene rings is 2. The molecule has 6 nitrogen and oxygen atoms in total. The SMILES string of the molecule is CC1CN(C(=O)c2ccc(-c3ccc(-c4cnc(N)[nH]4)cc3)cc2)CCCO1. The molecule has 1 aliphatic heterocycles. The van der Waals surface area contributed by atoms with Crippen molar-refractivity contribution in [3.05, 3.63) is 60.3 Å². The molecule has 2 heterocycles. The van der Waals surface area contributed by atoms with E-state index in [9.17, 15) is 4.79 Å². The van der Waals surface area contributed by atoms with E-state index in [1.807, 2.05) is 48.2 Å². The second-order valence-corrected chi connectivity index (χ2v) is 7.12. The molecule has 1 amide bonds. The molecule has 1 aromatic heterocycles. The molecule has 3 N–H and O–H groups in total. The van der Waals surface area contributed by atoms with E-state index in [0.717, 1.165) is 35.3 Å². The number of aromatic amines is 1. The van der Waals surface area contributed by atoms with Gasteiger partial charge in [0.1, 0.15) is 0 Å². The van der Waals surface area contributed by atoms with Gasteiger partial charge in [0.05, 0.1) is 18.0 Å². The molecule has 0 saturated carbocycles. The molecular formula is C22H24N4O2. The van der Waals surface area contributed by atoms with Gasteiger partial charge in [0.2, 0.25) is 0 Å². The summed E-state index contributed by atoms with van der Waals surface area (Å²) in [5.41, 5.74) is 10.4. The van der Waals surface area contributed by atoms with Crippen molar-refractivity contribution in [2.45, 2.75) is 19.4 Å². The van der Waals surface area contributed by atoms with Crippen LogP contribution in [0, 0.1) is 0 Å². The molecule has 0 aliphatic carbocycles. The van der Waals surface area contributed by atoms with Gasteiger partial charge in [-0.1, -0.05) is 36.4 Å². The number of rotatable bonds is 3. The predicted molar refractivity (Wildman–Crippen MR) is 110 cm³/mol. The van der Waals surface area contributed by atoms with E-state index < -0.39 is 0 Å². The number of nitrogens with two attached hydrogens (primary N) is 1. The van der Waals surface area contributed by atoms with E-state index in [-0.39, 0.29) is 12.0 Å². The third kappa shape index (κ3) is 3.92. The molecule has 1 saturated heterocycles. The Hall–Kier alpha value is -3.12. The first-order valence-electron chi connectivity index (χ1n) is 9.52. The van der Waals surface area contributed by atoms with Crippen LogP contribution in [-0.4, -0.2) is 46.6 Å². The van der Waals surface area contributed by atoms with Crippen LogP contribution in [0.25, 0.3) is 22.4 Å². The number of carbonyl (C=O) groups excluding carboxylic acids is 1. The lowest BCUT2D eigenvalue weighted by atomic mass is 10.0. The highest BCUT2D eigenvalue weighted by Gasteiger charge is 2.21. The fraction of sp³-hybridized carbons (Fsp3) is 0.273. The third-order valence-corrected chi connectivity index (χ3v) is 5.00. The van der Waals surface area contributed by atoms with Crippen molar-refractivity contribution in [2.24, 2.45) is 0 Å². The fourth-order valence-corrected chi connectivity index (χ4v) is 3.49. The molecule has 3 aromatic rings. The minimum atomic E-state index is 0.0658. The highest BCUT2D eigenvalue weighted by atomic mass is 16.5. The van der Waals surface area contributed by atoms with E-state index in [0.29, 0.717) is 24.7 Å². The smallest absolute Gasteiger partial charge is 0.253 e. The zero-order chi connectivity index (χ0) is 19.5. The van der Waals surface area contributed by atoms with E-state index in [4.69, 9.17) is 10.5 Å². The largest absolute Gasteiger partial charge is 0.377 e. The van der Waals surface area contributed by atoms with Crippen molar-refractivity contribution in [3.63, 3.8) is 0 Å². The second-order valence-electron chi connectivity index (χ2n) is 7.12. The highest BCUT2D eigenvalue weighted by Crippen LogP contribution is 2.25. The van der Waals surface area contributed by atoms with Gasteiger partial charge in [0, 0.05) is 25.3 Å². The number of nitrogen functional groups attached to an aromatic ring is 1. The van der Waals surface area contributed by atoms with Crippen LogP contribution in [0.3, 0.4) is 0 Å². The number of nitrogens with one attached hydrogen (secondary N) is 1. The first-order chi connectivity index (χ1) is 13.6. The van der Waals surface area contributed by atoms with E-state index in [1.54, 1.807) is 6.20 Å². The quantitative estimate of drug-likeness (QED) is 0.732. The summed E-state index contributed by atoms with van der Waals surface area (Å²) in [5, 5.41) is 0. The van der Waals surface area contributed by atoms with Gasteiger partial charge in [-0.3, -0.25) is 4.79 Å². The molecule has 4 rings (SSSR count). The van der Waals surface area contributed by atoms with Gasteiger partial charge in [-0.25, -0.2) is 4.98 Å². The minimum absolute atomic E-state index is 0.0658. The molecule has 1 fully saturated rings. The van der Waals surface area contributed by atoms with Crippen LogP contribution in [0.4, 0.5) is 5.95 Å². The summed E-state index contributed by atoms with van der Waals surface area (Å²) in [6.07, 6.45) is 2.68. The average Bonchev–Trinajstić information content (AvgIpc) is 3.04. The Kier molecular flexibility index (Phi) is 5.12. The summed E-state index contributed by atoms with van der Waals surface area (Å²) in [5.74, 6) is 0.473. The Morgan fingerprint density at radius 1 is 1.11 bits per heavy atom. The van der Waals surface area contributed by atoms with Crippen molar-refractivity contribution in [1.29, 1.82) is 0 Å². The topological polar surface area (TPSA) is 84.2 Å². The first kappa shape index (κ1) is 18.3. The number of nitrogens with zero attached hydrogens (tertiary/aromatic N) is 2. The van der Waals surface area contributed by atoms with Gasteiger partial charge in [-0.2, -0.15) is 0 Å². The molecule has 144 valence electrons. The lowest BCUT2D eigenvalue weighted by Gasteiger charge is -2.22. The number of H-pyrrole nitrogens is 1. The fourth-order valence-electron chi connectivity index (χ4n) is 3.49. The molecule has 6 heteroatoms. The molecular weight excluding hydrogens is 352 g/mol. The maximum atomic E-state index is 12.8. The monoisotopic (exact) mass is 376 g/mol.